The zero-order valence-corrected chi connectivity index (χ0v) is 12.9. The summed E-state index contributed by atoms with van der Waals surface area (Å²) in [6, 6.07) is 0. The summed E-state index contributed by atoms with van der Waals surface area (Å²) >= 11 is 1.38. The van der Waals surface area contributed by atoms with Crippen LogP contribution in [0.25, 0.3) is 0 Å². The molecule has 1 atom stereocenters. The third kappa shape index (κ3) is 2.57. The summed E-state index contributed by atoms with van der Waals surface area (Å²) in [5.41, 5.74) is -0.0536. The number of rotatable bonds is 3. The Kier molecular flexibility index (Phi) is 4.13. The van der Waals surface area contributed by atoms with Gasteiger partial charge in [0.15, 0.2) is 0 Å². The Labute approximate surface area is 122 Å². The molecule has 0 aliphatic carbocycles. The van der Waals surface area contributed by atoms with Crippen molar-refractivity contribution in [1.29, 1.82) is 0 Å². The van der Waals surface area contributed by atoms with Crippen molar-refractivity contribution in [2.45, 2.75) is 40.0 Å². The van der Waals surface area contributed by atoms with Crippen LogP contribution < -0.4 is 0 Å². The fraction of sp³-hybridized carbons (Fsp3) is 0.643. The number of hydrogen-bond acceptors (Lipinski definition) is 4. The monoisotopic (exact) mass is 296 g/mol. The van der Waals surface area contributed by atoms with Gasteiger partial charge in [0.1, 0.15) is 4.88 Å². The first kappa shape index (κ1) is 15.0. The van der Waals surface area contributed by atoms with E-state index in [0.29, 0.717) is 30.8 Å². The molecule has 1 amide bonds. The maximum atomic E-state index is 12.6. The van der Waals surface area contributed by atoms with Gasteiger partial charge in [-0.05, 0) is 33.1 Å². The lowest BCUT2D eigenvalue weighted by Gasteiger charge is -2.39. The van der Waals surface area contributed by atoms with Crippen LogP contribution in [0.3, 0.4) is 0 Å². The number of aryl methyl sites for hydroxylation is 2. The van der Waals surface area contributed by atoms with Crippen molar-refractivity contribution in [1.82, 2.24) is 9.88 Å². The molecular weight excluding hydrogens is 276 g/mol. The summed E-state index contributed by atoms with van der Waals surface area (Å²) < 4.78 is 0. The zero-order valence-electron chi connectivity index (χ0n) is 12.1. The Balaban J connectivity index is 2.23. The number of thiazole rings is 1. The van der Waals surface area contributed by atoms with Crippen molar-refractivity contribution in [2.75, 3.05) is 13.1 Å². The van der Waals surface area contributed by atoms with Gasteiger partial charge < -0.3 is 10.0 Å². The third-order valence-electron chi connectivity index (χ3n) is 4.09. The standard InChI is InChI=1S/C14H20N2O3S/c1-4-14(13(18)19)6-5-7-16(8-14)12(17)11-9(2)15-10(3)20-11/h4-8H2,1-3H3,(H,18,19)/t14-/m0/s1. The second kappa shape index (κ2) is 5.52. The fourth-order valence-electron chi connectivity index (χ4n) is 2.79. The van der Waals surface area contributed by atoms with E-state index in [1.165, 1.54) is 11.3 Å². The number of piperidine rings is 1. The lowest BCUT2D eigenvalue weighted by Crippen LogP contribution is -2.49. The SMILES string of the molecule is CC[C@]1(C(=O)O)CCCN(C(=O)c2sc(C)nc2C)C1. The number of amides is 1. The summed E-state index contributed by atoms with van der Waals surface area (Å²) in [4.78, 5) is 30.7. The molecule has 6 heteroatoms. The van der Waals surface area contributed by atoms with Crippen LogP contribution in [0.4, 0.5) is 0 Å². The van der Waals surface area contributed by atoms with Gasteiger partial charge in [0.25, 0.3) is 5.91 Å². The van der Waals surface area contributed by atoms with E-state index in [1.807, 2.05) is 20.8 Å². The fourth-order valence-corrected chi connectivity index (χ4v) is 3.68. The van der Waals surface area contributed by atoms with Gasteiger partial charge >= 0.3 is 5.97 Å². The van der Waals surface area contributed by atoms with Gasteiger partial charge in [0.2, 0.25) is 0 Å². The van der Waals surface area contributed by atoms with Crippen LogP contribution >= 0.6 is 11.3 Å². The molecule has 1 fully saturated rings. The highest BCUT2D eigenvalue weighted by Gasteiger charge is 2.42. The average Bonchev–Trinajstić information content (AvgIpc) is 2.76. The molecule has 1 saturated heterocycles. The minimum Gasteiger partial charge on any atom is -0.481 e. The van der Waals surface area contributed by atoms with E-state index >= 15 is 0 Å². The lowest BCUT2D eigenvalue weighted by molar-refractivity contribution is -0.152. The van der Waals surface area contributed by atoms with Gasteiger partial charge in [-0.25, -0.2) is 4.98 Å². The highest BCUT2D eigenvalue weighted by molar-refractivity contribution is 7.13. The molecule has 1 aliphatic heterocycles. The van der Waals surface area contributed by atoms with Crippen molar-refractivity contribution in [3.05, 3.63) is 15.6 Å². The Morgan fingerprint density at radius 1 is 1.45 bits per heavy atom. The summed E-state index contributed by atoms with van der Waals surface area (Å²) in [7, 11) is 0. The maximum absolute atomic E-state index is 12.6. The number of nitrogens with zero attached hydrogens (tertiary/aromatic N) is 2. The van der Waals surface area contributed by atoms with Crippen LogP contribution in [0, 0.1) is 19.3 Å². The number of carboxylic acids is 1. The predicted molar refractivity (Wildman–Crippen MR) is 77.1 cm³/mol. The van der Waals surface area contributed by atoms with Gasteiger partial charge in [0.05, 0.1) is 16.1 Å². The number of aliphatic carboxylic acids is 1. The summed E-state index contributed by atoms with van der Waals surface area (Å²) in [6.07, 6.45) is 1.93. The second-order valence-electron chi connectivity index (χ2n) is 5.42. The number of carboxylic acid groups (broad SMARTS) is 1. The van der Waals surface area contributed by atoms with Gasteiger partial charge in [-0.3, -0.25) is 9.59 Å². The topological polar surface area (TPSA) is 70.5 Å². The minimum atomic E-state index is -0.797. The number of carbonyl (C=O) groups excluding carboxylic acids is 1. The van der Waals surface area contributed by atoms with E-state index < -0.39 is 11.4 Å². The molecular formula is C14H20N2O3S. The van der Waals surface area contributed by atoms with Gasteiger partial charge in [-0.15, -0.1) is 11.3 Å². The molecule has 20 heavy (non-hydrogen) atoms. The molecule has 110 valence electrons. The molecule has 1 aromatic rings. The normalized spacial score (nSPS) is 22.9. The van der Waals surface area contributed by atoms with E-state index in [1.54, 1.807) is 4.90 Å². The number of carbonyl (C=O) groups is 2. The molecule has 0 aromatic carbocycles. The molecule has 2 heterocycles. The molecule has 1 aromatic heterocycles. The molecule has 1 aliphatic rings. The molecule has 0 radical (unpaired) electrons. The van der Waals surface area contributed by atoms with E-state index in [0.717, 1.165) is 17.1 Å². The average molecular weight is 296 g/mol. The van der Waals surface area contributed by atoms with Crippen LogP contribution in [0.15, 0.2) is 0 Å². The van der Waals surface area contributed by atoms with Crippen LogP contribution in [-0.4, -0.2) is 40.0 Å². The van der Waals surface area contributed by atoms with Crippen molar-refractivity contribution in [2.24, 2.45) is 5.41 Å². The Morgan fingerprint density at radius 3 is 2.65 bits per heavy atom. The smallest absolute Gasteiger partial charge is 0.311 e. The molecule has 0 unspecified atom stereocenters. The van der Waals surface area contributed by atoms with Crippen molar-refractivity contribution in [3.63, 3.8) is 0 Å². The first-order valence-electron chi connectivity index (χ1n) is 6.86. The first-order chi connectivity index (χ1) is 9.39. The second-order valence-corrected chi connectivity index (χ2v) is 6.62. The molecule has 1 N–H and O–H groups in total. The Morgan fingerprint density at radius 2 is 2.15 bits per heavy atom. The van der Waals surface area contributed by atoms with E-state index in [2.05, 4.69) is 4.98 Å². The third-order valence-corrected chi connectivity index (χ3v) is 5.15. The highest BCUT2D eigenvalue weighted by atomic mass is 32.1. The Bertz CT molecular complexity index is 541. The van der Waals surface area contributed by atoms with Gasteiger partial charge in [-0.1, -0.05) is 6.92 Å². The van der Waals surface area contributed by atoms with Crippen molar-refractivity contribution >= 4 is 23.2 Å². The van der Waals surface area contributed by atoms with Crippen molar-refractivity contribution < 1.29 is 14.7 Å². The number of hydrogen-bond donors (Lipinski definition) is 1. The first-order valence-corrected chi connectivity index (χ1v) is 7.68. The van der Waals surface area contributed by atoms with Crippen molar-refractivity contribution in [3.8, 4) is 0 Å². The van der Waals surface area contributed by atoms with Crippen LogP contribution in [0.5, 0.6) is 0 Å². The molecule has 2 rings (SSSR count). The largest absolute Gasteiger partial charge is 0.481 e. The number of aromatic nitrogens is 1. The number of likely N-dealkylation sites (tertiary alicyclic amines) is 1. The maximum Gasteiger partial charge on any atom is 0.311 e. The van der Waals surface area contributed by atoms with Gasteiger partial charge in [-0.2, -0.15) is 0 Å². The predicted octanol–water partition coefficient (Wildman–Crippen LogP) is 2.48. The molecule has 0 spiro atoms. The Hall–Kier alpha value is -1.43. The molecule has 0 bridgehead atoms. The molecule has 0 saturated carbocycles. The summed E-state index contributed by atoms with van der Waals surface area (Å²) in [5, 5.41) is 10.3. The van der Waals surface area contributed by atoms with Crippen LogP contribution in [0.2, 0.25) is 0 Å². The van der Waals surface area contributed by atoms with Crippen LogP contribution in [-0.2, 0) is 4.79 Å². The van der Waals surface area contributed by atoms with E-state index in [-0.39, 0.29) is 5.91 Å². The molecule has 5 nitrogen and oxygen atoms in total. The van der Waals surface area contributed by atoms with Crippen LogP contribution in [0.1, 0.15) is 46.6 Å². The summed E-state index contributed by atoms with van der Waals surface area (Å²) in [5.74, 6) is -0.874. The van der Waals surface area contributed by atoms with E-state index in [9.17, 15) is 14.7 Å². The minimum absolute atomic E-state index is 0.0770. The zero-order chi connectivity index (χ0) is 14.9. The van der Waals surface area contributed by atoms with Gasteiger partial charge in [0, 0.05) is 13.1 Å². The summed E-state index contributed by atoms with van der Waals surface area (Å²) in [6.45, 7) is 6.51. The quantitative estimate of drug-likeness (QED) is 0.930. The van der Waals surface area contributed by atoms with E-state index in [4.69, 9.17) is 0 Å². The lowest BCUT2D eigenvalue weighted by atomic mass is 9.77. The highest BCUT2D eigenvalue weighted by Crippen LogP contribution is 2.34.